The molecule has 5 nitrogen and oxygen atoms in total. The molecule has 1 saturated heterocycles. The number of hydrogen-bond acceptors (Lipinski definition) is 4. The summed E-state index contributed by atoms with van der Waals surface area (Å²) in [5, 5.41) is 2.86. The van der Waals surface area contributed by atoms with Gasteiger partial charge in [-0.1, -0.05) is 19.1 Å². The quantitative estimate of drug-likeness (QED) is 0.816. The molecular weight excluding hydrogens is 326 g/mol. The standard InChI is InChI=1S/C21H25N3O2/c1-3-19-9-4-5-10-24(19)20-12-17(13-22-14-20)21(26)23-18-8-6-7-16(11-18)15(2)25/h6-8,11-14,19H,3-5,9-10H2,1-2H3,(H,23,26). The number of hydrogen-bond donors (Lipinski definition) is 1. The van der Waals surface area contributed by atoms with Crippen LogP contribution in [0.2, 0.25) is 0 Å². The molecule has 1 aliphatic rings. The highest BCUT2D eigenvalue weighted by molar-refractivity contribution is 6.05. The largest absolute Gasteiger partial charge is 0.367 e. The van der Waals surface area contributed by atoms with Crippen molar-refractivity contribution in [3.05, 3.63) is 53.9 Å². The first kappa shape index (κ1) is 18.1. The van der Waals surface area contributed by atoms with Crippen LogP contribution in [0.15, 0.2) is 42.7 Å². The Morgan fingerprint density at radius 3 is 2.81 bits per heavy atom. The Bertz CT molecular complexity index is 803. The maximum atomic E-state index is 12.6. The first-order chi connectivity index (χ1) is 12.6. The molecule has 3 rings (SSSR count). The predicted octanol–water partition coefficient (Wildman–Crippen LogP) is 4.31. The third kappa shape index (κ3) is 4.10. The third-order valence-corrected chi connectivity index (χ3v) is 4.94. The van der Waals surface area contributed by atoms with Crippen molar-refractivity contribution >= 4 is 23.1 Å². The number of ketones is 1. The minimum atomic E-state index is -0.217. The number of nitrogens with one attached hydrogen (secondary N) is 1. The van der Waals surface area contributed by atoms with E-state index in [1.54, 1.807) is 30.5 Å². The molecule has 0 aliphatic carbocycles. The van der Waals surface area contributed by atoms with Crippen LogP contribution in [0.3, 0.4) is 0 Å². The van der Waals surface area contributed by atoms with Gasteiger partial charge in [0.25, 0.3) is 5.91 Å². The molecule has 0 spiro atoms. The average Bonchev–Trinajstić information content (AvgIpc) is 2.68. The normalized spacial score (nSPS) is 17.0. The van der Waals surface area contributed by atoms with Crippen molar-refractivity contribution in [2.24, 2.45) is 0 Å². The van der Waals surface area contributed by atoms with Crippen molar-refractivity contribution in [2.75, 3.05) is 16.8 Å². The van der Waals surface area contributed by atoms with Crippen molar-refractivity contribution in [3.63, 3.8) is 0 Å². The number of aromatic nitrogens is 1. The van der Waals surface area contributed by atoms with Crippen molar-refractivity contribution in [1.29, 1.82) is 0 Å². The van der Waals surface area contributed by atoms with Gasteiger partial charge in [-0.15, -0.1) is 0 Å². The number of Topliss-reactive ketones (excluding diaryl/α,β-unsaturated/α-hetero) is 1. The molecule has 1 aromatic carbocycles. The van der Waals surface area contributed by atoms with E-state index >= 15 is 0 Å². The summed E-state index contributed by atoms with van der Waals surface area (Å²) in [5.41, 5.74) is 2.71. The summed E-state index contributed by atoms with van der Waals surface area (Å²) in [6.07, 6.45) is 8.12. The Labute approximate surface area is 154 Å². The SMILES string of the molecule is CCC1CCCCN1c1cncc(C(=O)Nc2cccc(C(C)=O)c2)c1. The van der Waals surface area contributed by atoms with E-state index in [0.717, 1.165) is 18.7 Å². The van der Waals surface area contributed by atoms with Gasteiger partial charge in [-0.05, 0) is 50.8 Å². The van der Waals surface area contributed by atoms with Gasteiger partial charge in [0, 0.05) is 30.0 Å². The van der Waals surface area contributed by atoms with Crippen LogP contribution in [-0.4, -0.2) is 29.3 Å². The molecule has 2 aromatic rings. The van der Waals surface area contributed by atoms with E-state index < -0.39 is 0 Å². The number of pyridine rings is 1. The molecule has 1 aliphatic heterocycles. The van der Waals surface area contributed by atoms with Crippen molar-refractivity contribution in [2.45, 2.75) is 45.6 Å². The molecule has 1 amide bonds. The van der Waals surface area contributed by atoms with Gasteiger partial charge in [0.2, 0.25) is 0 Å². The van der Waals surface area contributed by atoms with Gasteiger partial charge in [-0.25, -0.2) is 0 Å². The summed E-state index contributed by atoms with van der Waals surface area (Å²) in [4.78, 5) is 30.8. The maximum absolute atomic E-state index is 12.6. The van der Waals surface area contributed by atoms with Crippen molar-refractivity contribution < 1.29 is 9.59 Å². The summed E-state index contributed by atoms with van der Waals surface area (Å²) in [6.45, 7) is 4.72. The van der Waals surface area contributed by atoms with E-state index in [2.05, 4.69) is 22.1 Å². The summed E-state index contributed by atoms with van der Waals surface area (Å²) >= 11 is 0. The second kappa shape index (κ2) is 8.13. The molecule has 26 heavy (non-hydrogen) atoms. The highest BCUT2D eigenvalue weighted by Crippen LogP contribution is 2.26. The molecule has 136 valence electrons. The van der Waals surface area contributed by atoms with Crippen molar-refractivity contribution in [1.82, 2.24) is 4.98 Å². The molecule has 1 N–H and O–H groups in total. The first-order valence-corrected chi connectivity index (χ1v) is 9.22. The van der Waals surface area contributed by atoms with Gasteiger partial charge in [0.15, 0.2) is 5.78 Å². The monoisotopic (exact) mass is 351 g/mol. The molecule has 1 atom stereocenters. The fraction of sp³-hybridized carbons (Fsp3) is 0.381. The Morgan fingerprint density at radius 1 is 1.19 bits per heavy atom. The number of carbonyl (C=O) groups excluding carboxylic acids is 2. The lowest BCUT2D eigenvalue weighted by Crippen LogP contribution is -2.39. The molecule has 5 heteroatoms. The minimum absolute atomic E-state index is 0.0273. The third-order valence-electron chi connectivity index (χ3n) is 4.94. The fourth-order valence-corrected chi connectivity index (χ4v) is 3.49. The fourth-order valence-electron chi connectivity index (χ4n) is 3.49. The molecule has 2 heterocycles. The van der Waals surface area contributed by atoms with E-state index in [-0.39, 0.29) is 11.7 Å². The van der Waals surface area contributed by atoms with Crippen LogP contribution in [0.1, 0.15) is 60.2 Å². The lowest BCUT2D eigenvalue weighted by Gasteiger charge is -2.37. The lowest BCUT2D eigenvalue weighted by molar-refractivity contribution is 0.101. The van der Waals surface area contributed by atoms with Crippen LogP contribution in [-0.2, 0) is 0 Å². The van der Waals surface area contributed by atoms with Crippen LogP contribution in [0.5, 0.6) is 0 Å². The summed E-state index contributed by atoms with van der Waals surface area (Å²) < 4.78 is 0. The summed E-state index contributed by atoms with van der Waals surface area (Å²) in [5.74, 6) is -0.245. The first-order valence-electron chi connectivity index (χ1n) is 9.22. The van der Waals surface area contributed by atoms with Crippen molar-refractivity contribution in [3.8, 4) is 0 Å². The zero-order valence-electron chi connectivity index (χ0n) is 15.4. The Kier molecular flexibility index (Phi) is 5.66. The van der Waals surface area contributed by atoms with Gasteiger partial charge in [-0.3, -0.25) is 14.6 Å². The van der Waals surface area contributed by atoms with E-state index in [0.29, 0.717) is 22.9 Å². The highest BCUT2D eigenvalue weighted by atomic mass is 16.1. The number of anilines is 2. The number of benzene rings is 1. The topological polar surface area (TPSA) is 62.3 Å². The van der Waals surface area contributed by atoms with E-state index in [1.807, 2.05) is 12.3 Å². The van der Waals surface area contributed by atoms with Crippen LogP contribution in [0.25, 0.3) is 0 Å². The number of carbonyl (C=O) groups is 2. The van der Waals surface area contributed by atoms with Gasteiger partial charge in [-0.2, -0.15) is 0 Å². The summed E-state index contributed by atoms with van der Waals surface area (Å²) in [6, 6.07) is 9.39. The number of piperidine rings is 1. The highest BCUT2D eigenvalue weighted by Gasteiger charge is 2.22. The van der Waals surface area contributed by atoms with Gasteiger partial charge < -0.3 is 10.2 Å². The average molecular weight is 351 g/mol. The number of rotatable bonds is 5. The van der Waals surface area contributed by atoms with Crippen LogP contribution >= 0.6 is 0 Å². The zero-order chi connectivity index (χ0) is 18.5. The van der Waals surface area contributed by atoms with Gasteiger partial charge in [0.05, 0.1) is 17.4 Å². The minimum Gasteiger partial charge on any atom is -0.367 e. The lowest BCUT2D eigenvalue weighted by atomic mass is 9.99. The molecular formula is C21H25N3O2. The molecule has 0 bridgehead atoms. The maximum Gasteiger partial charge on any atom is 0.257 e. The molecule has 1 aromatic heterocycles. The van der Waals surface area contributed by atoms with E-state index in [1.165, 1.54) is 26.2 Å². The van der Waals surface area contributed by atoms with Crippen LogP contribution in [0, 0.1) is 0 Å². The second-order valence-electron chi connectivity index (χ2n) is 6.77. The Morgan fingerprint density at radius 2 is 2.04 bits per heavy atom. The van der Waals surface area contributed by atoms with Gasteiger partial charge >= 0.3 is 0 Å². The van der Waals surface area contributed by atoms with Gasteiger partial charge in [0.1, 0.15) is 0 Å². The summed E-state index contributed by atoms with van der Waals surface area (Å²) in [7, 11) is 0. The molecule has 1 unspecified atom stereocenters. The zero-order valence-corrected chi connectivity index (χ0v) is 15.4. The Balaban J connectivity index is 1.78. The molecule has 1 fully saturated rings. The van der Waals surface area contributed by atoms with E-state index in [4.69, 9.17) is 0 Å². The molecule has 0 saturated carbocycles. The predicted molar refractivity (Wildman–Crippen MR) is 104 cm³/mol. The smallest absolute Gasteiger partial charge is 0.257 e. The molecule has 0 radical (unpaired) electrons. The van der Waals surface area contributed by atoms with Crippen LogP contribution < -0.4 is 10.2 Å². The second-order valence-corrected chi connectivity index (χ2v) is 6.77. The Hall–Kier alpha value is -2.69. The van der Waals surface area contributed by atoms with E-state index in [9.17, 15) is 9.59 Å². The number of nitrogens with zero attached hydrogens (tertiary/aromatic N) is 2. The number of amides is 1. The van der Waals surface area contributed by atoms with Crippen LogP contribution in [0.4, 0.5) is 11.4 Å².